The van der Waals surface area contributed by atoms with Gasteiger partial charge < -0.3 is 14.2 Å². The summed E-state index contributed by atoms with van der Waals surface area (Å²) in [5, 5.41) is 0. The van der Waals surface area contributed by atoms with Crippen LogP contribution in [0, 0.1) is 0 Å². The summed E-state index contributed by atoms with van der Waals surface area (Å²) >= 11 is 0. The minimum absolute atomic E-state index is 0.145. The number of hydrogen-bond donors (Lipinski definition) is 0. The number of aryl methyl sites for hydroxylation is 1. The molecule has 3 fully saturated rings. The summed E-state index contributed by atoms with van der Waals surface area (Å²) in [6.45, 7) is 8.94. The van der Waals surface area contributed by atoms with Gasteiger partial charge >= 0.3 is 0 Å². The van der Waals surface area contributed by atoms with Crippen LogP contribution in [0.1, 0.15) is 25.1 Å². The van der Waals surface area contributed by atoms with Crippen LogP contribution in [0.3, 0.4) is 0 Å². The number of likely N-dealkylation sites (tertiary alicyclic amines) is 1. The average molecular weight is 333 g/mol. The van der Waals surface area contributed by atoms with Crippen molar-refractivity contribution >= 4 is 0 Å². The third-order valence-corrected chi connectivity index (χ3v) is 6.30. The Morgan fingerprint density at radius 3 is 2.54 bits per heavy atom. The van der Waals surface area contributed by atoms with E-state index >= 15 is 0 Å². The fourth-order valence-corrected chi connectivity index (χ4v) is 4.46. The normalized spacial score (nSPS) is 29.5. The molecule has 1 aromatic rings. The van der Waals surface area contributed by atoms with Crippen LogP contribution in [0.25, 0.3) is 0 Å². The van der Waals surface area contributed by atoms with Gasteiger partial charge in [-0.1, -0.05) is 0 Å². The molecule has 0 bridgehead atoms. The van der Waals surface area contributed by atoms with Crippen molar-refractivity contribution in [3.05, 3.63) is 18.2 Å². The van der Waals surface area contributed by atoms with E-state index in [4.69, 9.17) is 4.74 Å². The summed E-state index contributed by atoms with van der Waals surface area (Å²) in [5.41, 5.74) is 0.145. The lowest BCUT2D eigenvalue weighted by Crippen LogP contribution is -2.50. The number of aromatic nitrogens is 2. The van der Waals surface area contributed by atoms with E-state index in [0.29, 0.717) is 6.04 Å². The van der Waals surface area contributed by atoms with E-state index < -0.39 is 0 Å². The van der Waals surface area contributed by atoms with Gasteiger partial charge in [0.25, 0.3) is 0 Å². The molecule has 3 aliphatic heterocycles. The van der Waals surface area contributed by atoms with Gasteiger partial charge in [-0.2, -0.15) is 0 Å². The molecule has 0 amide bonds. The first kappa shape index (κ1) is 16.5. The second-order valence-corrected chi connectivity index (χ2v) is 7.92. The summed E-state index contributed by atoms with van der Waals surface area (Å²) < 4.78 is 8.50. The Kier molecular flexibility index (Phi) is 4.64. The van der Waals surface area contributed by atoms with Gasteiger partial charge in [-0.05, 0) is 26.3 Å². The number of piperidine rings is 1. The van der Waals surface area contributed by atoms with Crippen LogP contribution in [0.4, 0.5) is 0 Å². The highest BCUT2D eigenvalue weighted by molar-refractivity contribution is 4.99. The predicted molar refractivity (Wildman–Crippen MR) is 93.9 cm³/mol. The van der Waals surface area contributed by atoms with E-state index in [-0.39, 0.29) is 5.60 Å². The zero-order valence-corrected chi connectivity index (χ0v) is 15.2. The van der Waals surface area contributed by atoms with Crippen LogP contribution in [-0.2, 0) is 18.3 Å². The highest BCUT2D eigenvalue weighted by Gasteiger charge is 2.44. The molecule has 0 aromatic carbocycles. The fraction of sp³-hybridized carbons (Fsp3) is 0.833. The molecule has 3 aliphatic rings. The second kappa shape index (κ2) is 6.75. The molecule has 1 aromatic heterocycles. The number of hydrogen-bond acceptors (Lipinski definition) is 5. The summed E-state index contributed by atoms with van der Waals surface area (Å²) in [5.74, 6) is 1.16. The first-order valence-electron chi connectivity index (χ1n) is 9.39. The molecule has 1 unspecified atom stereocenters. The Labute approximate surface area is 145 Å². The SMILES string of the molecule is CN1CCN(C2COC3(CCN(Cc4nccn4C)CC3)C2)CC1. The molecular formula is C18H31N5O. The Morgan fingerprint density at radius 2 is 1.88 bits per heavy atom. The quantitative estimate of drug-likeness (QED) is 0.817. The van der Waals surface area contributed by atoms with Gasteiger partial charge in [0, 0.05) is 64.8 Å². The lowest BCUT2D eigenvalue weighted by Gasteiger charge is -2.39. The second-order valence-electron chi connectivity index (χ2n) is 7.92. The maximum absolute atomic E-state index is 6.38. The van der Waals surface area contributed by atoms with Crippen LogP contribution in [0.5, 0.6) is 0 Å². The van der Waals surface area contributed by atoms with E-state index in [1.807, 2.05) is 12.4 Å². The summed E-state index contributed by atoms with van der Waals surface area (Å²) in [6, 6.07) is 0.639. The predicted octanol–water partition coefficient (Wildman–Crippen LogP) is 0.791. The third kappa shape index (κ3) is 3.38. The highest BCUT2D eigenvalue weighted by Crippen LogP contribution is 2.38. The molecule has 6 heteroatoms. The van der Waals surface area contributed by atoms with Crippen LogP contribution in [0.2, 0.25) is 0 Å². The molecule has 4 heterocycles. The van der Waals surface area contributed by atoms with Gasteiger partial charge in [0.05, 0.1) is 18.8 Å². The zero-order chi connectivity index (χ0) is 16.6. The maximum atomic E-state index is 6.38. The fourth-order valence-electron chi connectivity index (χ4n) is 4.46. The molecule has 1 spiro atoms. The van der Waals surface area contributed by atoms with Gasteiger partial charge in [0.15, 0.2) is 0 Å². The summed E-state index contributed by atoms with van der Waals surface area (Å²) in [6.07, 6.45) is 7.49. The minimum Gasteiger partial charge on any atom is -0.373 e. The van der Waals surface area contributed by atoms with Crippen LogP contribution in [-0.4, -0.2) is 88.8 Å². The van der Waals surface area contributed by atoms with Gasteiger partial charge in [-0.3, -0.25) is 9.80 Å². The van der Waals surface area contributed by atoms with Gasteiger partial charge in [-0.15, -0.1) is 0 Å². The van der Waals surface area contributed by atoms with Crippen molar-refractivity contribution in [2.75, 3.05) is 52.9 Å². The smallest absolute Gasteiger partial charge is 0.122 e. The minimum atomic E-state index is 0.145. The van der Waals surface area contributed by atoms with Crippen molar-refractivity contribution in [3.8, 4) is 0 Å². The number of likely N-dealkylation sites (N-methyl/N-ethyl adjacent to an activating group) is 1. The van der Waals surface area contributed by atoms with Crippen molar-refractivity contribution in [3.63, 3.8) is 0 Å². The lowest BCUT2D eigenvalue weighted by atomic mass is 9.87. The van der Waals surface area contributed by atoms with E-state index in [9.17, 15) is 0 Å². The molecule has 24 heavy (non-hydrogen) atoms. The molecule has 0 N–H and O–H groups in total. The van der Waals surface area contributed by atoms with Gasteiger partial charge in [-0.25, -0.2) is 4.98 Å². The van der Waals surface area contributed by atoms with Crippen molar-refractivity contribution in [1.29, 1.82) is 0 Å². The highest BCUT2D eigenvalue weighted by atomic mass is 16.5. The standard InChI is InChI=1S/C18H31N5O/c1-20-9-11-23(12-10-20)16-13-18(24-15-16)3-6-22(7-4-18)14-17-19-5-8-21(17)2/h5,8,16H,3-4,6-7,9-15H2,1-2H3. The molecule has 6 nitrogen and oxygen atoms in total. The zero-order valence-electron chi connectivity index (χ0n) is 15.2. The van der Waals surface area contributed by atoms with E-state index in [0.717, 1.165) is 32.1 Å². The van der Waals surface area contributed by atoms with Crippen LogP contribution in [0.15, 0.2) is 12.4 Å². The van der Waals surface area contributed by atoms with Crippen molar-refractivity contribution in [1.82, 2.24) is 24.3 Å². The number of imidazole rings is 1. The number of ether oxygens (including phenoxy) is 1. The van der Waals surface area contributed by atoms with Crippen LogP contribution >= 0.6 is 0 Å². The Hall–Kier alpha value is -0.950. The first-order chi connectivity index (χ1) is 11.6. The molecule has 4 rings (SSSR count). The van der Waals surface area contributed by atoms with E-state index in [1.165, 1.54) is 45.4 Å². The Balaban J connectivity index is 1.28. The molecule has 3 saturated heterocycles. The molecule has 134 valence electrons. The largest absolute Gasteiger partial charge is 0.373 e. The third-order valence-electron chi connectivity index (χ3n) is 6.30. The number of piperazine rings is 1. The van der Waals surface area contributed by atoms with Gasteiger partial charge in [0.1, 0.15) is 5.82 Å². The number of nitrogens with zero attached hydrogens (tertiary/aromatic N) is 5. The first-order valence-corrected chi connectivity index (χ1v) is 9.39. The lowest BCUT2D eigenvalue weighted by molar-refractivity contribution is -0.0459. The maximum Gasteiger partial charge on any atom is 0.122 e. The topological polar surface area (TPSA) is 36.8 Å². The monoisotopic (exact) mass is 333 g/mol. The molecular weight excluding hydrogens is 302 g/mol. The average Bonchev–Trinajstić information content (AvgIpc) is 3.18. The molecule has 0 saturated carbocycles. The number of rotatable bonds is 3. The molecule has 0 radical (unpaired) electrons. The summed E-state index contributed by atoms with van der Waals surface area (Å²) in [4.78, 5) is 12.1. The van der Waals surface area contributed by atoms with Gasteiger partial charge in [0.2, 0.25) is 0 Å². The van der Waals surface area contributed by atoms with E-state index in [1.54, 1.807) is 0 Å². The molecule has 0 aliphatic carbocycles. The van der Waals surface area contributed by atoms with Crippen molar-refractivity contribution in [2.24, 2.45) is 7.05 Å². The van der Waals surface area contributed by atoms with Crippen LogP contribution < -0.4 is 0 Å². The summed E-state index contributed by atoms with van der Waals surface area (Å²) in [7, 11) is 4.30. The van der Waals surface area contributed by atoms with Crippen molar-refractivity contribution in [2.45, 2.75) is 37.5 Å². The Bertz CT molecular complexity index is 543. The Morgan fingerprint density at radius 1 is 1.12 bits per heavy atom. The van der Waals surface area contributed by atoms with E-state index in [2.05, 4.69) is 38.3 Å². The molecule has 1 atom stereocenters. The van der Waals surface area contributed by atoms with Crippen molar-refractivity contribution < 1.29 is 4.74 Å².